The second kappa shape index (κ2) is 7.69. The molecule has 3 nitrogen and oxygen atoms in total. The van der Waals surface area contributed by atoms with Crippen LogP contribution in [0.4, 0.5) is 0 Å². The molecule has 21 heavy (non-hydrogen) atoms. The van der Waals surface area contributed by atoms with E-state index in [2.05, 4.69) is 13.0 Å². The Hall–Kier alpha value is -1.22. The van der Waals surface area contributed by atoms with Gasteiger partial charge in [-0.3, -0.25) is 0 Å². The van der Waals surface area contributed by atoms with Gasteiger partial charge in [0.25, 0.3) is 0 Å². The first-order chi connectivity index (χ1) is 10.1. The minimum atomic E-state index is 0.121. The maximum absolute atomic E-state index is 6.27. The maximum Gasteiger partial charge on any atom is 0.123 e. The molecule has 1 fully saturated rings. The SMILES string of the molecule is CCC1CCC(Oc2ccc(OC)cc2CC(C)N)CC1. The number of methoxy groups -OCH3 is 1. The molecule has 3 heteroatoms. The van der Waals surface area contributed by atoms with Gasteiger partial charge in [-0.25, -0.2) is 0 Å². The zero-order valence-electron chi connectivity index (χ0n) is 13.6. The molecule has 0 radical (unpaired) electrons. The van der Waals surface area contributed by atoms with E-state index in [0.29, 0.717) is 6.10 Å². The molecule has 1 aromatic rings. The van der Waals surface area contributed by atoms with Gasteiger partial charge in [-0.15, -0.1) is 0 Å². The maximum atomic E-state index is 6.27. The average molecular weight is 291 g/mol. The minimum absolute atomic E-state index is 0.121. The topological polar surface area (TPSA) is 44.5 Å². The Morgan fingerprint density at radius 3 is 2.52 bits per heavy atom. The van der Waals surface area contributed by atoms with E-state index in [0.717, 1.165) is 29.4 Å². The van der Waals surface area contributed by atoms with Crippen molar-refractivity contribution in [1.29, 1.82) is 0 Å². The second-order valence-corrected chi connectivity index (χ2v) is 6.32. The highest BCUT2D eigenvalue weighted by Crippen LogP contribution is 2.32. The highest BCUT2D eigenvalue weighted by Gasteiger charge is 2.22. The van der Waals surface area contributed by atoms with Gasteiger partial charge in [-0.05, 0) is 68.7 Å². The third-order valence-corrected chi connectivity index (χ3v) is 4.47. The summed E-state index contributed by atoms with van der Waals surface area (Å²) in [6.07, 6.45) is 7.39. The summed E-state index contributed by atoms with van der Waals surface area (Å²) < 4.78 is 11.6. The lowest BCUT2D eigenvalue weighted by Gasteiger charge is -2.29. The summed E-state index contributed by atoms with van der Waals surface area (Å²) in [4.78, 5) is 0. The van der Waals surface area contributed by atoms with Crippen LogP contribution >= 0.6 is 0 Å². The average Bonchev–Trinajstić information content (AvgIpc) is 2.49. The minimum Gasteiger partial charge on any atom is -0.497 e. The Bertz CT molecular complexity index is 437. The van der Waals surface area contributed by atoms with Crippen LogP contribution in [0.15, 0.2) is 18.2 Å². The van der Waals surface area contributed by atoms with Crippen molar-refractivity contribution in [2.75, 3.05) is 7.11 Å². The van der Waals surface area contributed by atoms with Gasteiger partial charge in [-0.1, -0.05) is 13.3 Å². The molecule has 0 saturated heterocycles. The lowest BCUT2D eigenvalue weighted by molar-refractivity contribution is 0.128. The highest BCUT2D eigenvalue weighted by atomic mass is 16.5. The van der Waals surface area contributed by atoms with Crippen LogP contribution < -0.4 is 15.2 Å². The smallest absolute Gasteiger partial charge is 0.123 e. The molecule has 1 aliphatic carbocycles. The second-order valence-electron chi connectivity index (χ2n) is 6.32. The molecule has 0 bridgehead atoms. The van der Waals surface area contributed by atoms with Crippen LogP contribution in [0, 0.1) is 5.92 Å². The summed E-state index contributed by atoms with van der Waals surface area (Å²) in [5, 5.41) is 0. The summed E-state index contributed by atoms with van der Waals surface area (Å²) in [6, 6.07) is 6.17. The molecule has 1 aliphatic rings. The first-order valence-corrected chi connectivity index (χ1v) is 8.21. The molecule has 1 atom stereocenters. The lowest BCUT2D eigenvalue weighted by atomic mass is 9.86. The van der Waals surface area contributed by atoms with Gasteiger partial charge in [0.05, 0.1) is 13.2 Å². The van der Waals surface area contributed by atoms with Crippen LogP contribution in [-0.2, 0) is 6.42 Å². The molecule has 0 amide bonds. The van der Waals surface area contributed by atoms with Crippen molar-refractivity contribution >= 4 is 0 Å². The van der Waals surface area contributed by atoms with E-state index in [1.54, 1.807) is 7.11 Å². The number of benzene rings is 1. The van der Waals surface area contributed by atoms with E-state index < -0.39 is 0 Å². The Morgan fingerprint density at radius 1 is 1.24 bits per heavy atom. The summed E-state index contributed by atoms with van der Waals surface area (Å²) in [5.74, 6) is 2.74. The van der Waals surface area contributed by atoms with Gasteiger partial charge in [0.2, 0.25) is 0 Å². The van der Waals surface area contributed by atoms with Crippen LogP contribution in [0.2, 0.25) is 0 Å². The van der Waals surface area contributed by atoms with Gasteiger partial charge >= 0.3 is 0 Å². The van der Waals surface area contributed by atoms with E-state index in [9.17, 15) is 0 Å². The Labute approximate surface area is 128 Å². The van der Waals surface area contributed by atoms with Crippen molar-refractivity contribution in [2.24, 2.45) is 11.7 Å². The first-order valence-electron chi connectivity index (χ1n) is 8.21. The van der Waals surface area contributed by atoms with Crippen molar-refractivity contribution in [3.8, 4) is 11.5 Å². The molecule has 0 aromatic heterocycles. The van der Waals surface area contributed by atoms with Gasteiger partial charge in [-0.2, -0.15) is 0 Å². The molecular weight excluding hydrogens is 262 g/mol. The van der Waals surface area contributed by atoms with Crippen LogP contribution in [-0.4, -0.2) is 19.3 Å². The van der Waals surface area contributed by atoms with Crippen molar-refractivity contribution in [3.63, 3.8) is 0 Å². The number of hydrogen-bond acceptors (Lipinski definition) is 3. The van der Waals surface area contributed by atoms with Gasteiger partial charge in [0.15, 0.2) is 0 Å². The van der Waals surface area contributed by atoms with Gasteiger partial charge in [0.1, 0.15) is 11.5 Å². The summed E-state index contributed by atoms with van der Waals surface area (Å²) in [6.45, 7) is 4.31. The predicted molar refractivity (Wildman–Crippen MR) is 87.0 cm³/mol. The van der Waals surface area contributed by atoms with E-state index in [1.165, 1.54) is 32.1 Å². The number of hydrogen-bond donors (Lipinski definition) is 1. The quantitative estimate of drug-likeness (QED) is 0.863. The Morgan fingerprint density at radius 2 is 1.95 bits per heavy atom. The van der Waals surface area contributed by atoms with Crippen LogP contribution in [0.3, 0.4) is 0 Å². The van der Waals surface area contributed by atoms with Gasteiger partial charge < -0.3 is 15.2 Å². The Kier molecular flexibility index (Phi) is 5.92. The molecule has 2 rings (SSSR count). The number of nitrogens with two attached hydrogens (primary N) is 1. The molecule has 0 aliphatic heterocycles. The van der Waals surface area contributed by atoms with Crippen molar-refractivity contribution in [2.45, 2.75) is 64.5 Å². The molecule has 1 aromatic carbocycles. The molecule has 118 valence electrons. The largest absolute Gasteiger partial charge is 0.497 e. The summed E-state index contributed by atoms with van der Waals surface area (Å²) in [7, 11) is 1.69. The predicted octanol–water partition coefficient (Wildman–Crippen LogP) is 3.93. The van der Waals surface area contributed by atoms with Crippen LogP contribution in [0.25, 0.3) is 0 Å². The molecule has 0 heterocycles. The monoisotopic (exact) mass is 291 g/mol. The van der Waals surface area contributed by atoms with Crippen LogP contribution in [0.1, 0.15) is 51.5 Å². The normalized spacial score (nSPS) is 23.6. The van der Waals surface area contributed by atoms with Crippen LogP contribution in [0.5, 0.6) is 11.5 Å². The summed E-state index contributed by atoms with van der Waals surface area (Å²) in [5.41, 5.74) is 7.11. The highest BCUT2D eigenvalue weighted by molar-refractivity contribution is 5.41. The fourth-order valence-corrected chi connectivity index (χ4v) is 3.14. The zero-order chi connectivity index (χ0) is 15.2. The lowest BCUT2D eigenvalue weighted by Crippen LogP contribution is -2.25. The van der Waals surface area contributed by atoms with Gasteiger partial charge in [0, 0.05) is 6.04 Å². The standard InChI is InChI=1S/C18H29NO2/c1-4-14-5-7-16(8-6-14)21-18-10-9-17(20-3)12-15(18)11-13(2)19/h9-10,12-14,16H,4-8,11,19H2,1-3H3. The van der Waals surface area contributed by atoms with E-state index >= 15 is 0 Å². The first kappa shape index (κ1) is 16.2. The Balaban J connectivity index is 2.04. The molecular formula is C18H29NO2. The molecule has 0 spiro atoms. The fraction of sp³-hybridized carbons (Fsp3) is 0.667. The molecule has 1 saturated carbocycles. The van der Waals surface area contributed by atoms with Crippen molar-refractivity contribution < 1.29 is 9.47 Å². The van der Waals surface area contributed by atoms with Crippen molar-refractivity contribution in [1.82, 2.24) is 0 Å². The van der Waals surface area contributed by atoms with E-state index in [-0.39, 0.29) is 6.04 Å². The molecule has 2 N–H and O–H groups in total. The van der Waals surface area contributed by atoms with E-state index in [4.69, 9.17) is 15.2 Å². The fourth-order valence-electron chi connectivity index (χ4n) is 3.14. The number of rotatable bonds is 6. The summed E-state index contributed by atoms with van der Waals surface area (Å²) >= 11 is 0. The molecule has 1 unspecified atom stereocenters. The number of ether oxygens (including phenoxy) is 2. The van der Waals surface area contributed by atoms with Crippen molar-refractivity contribution in [3.05, 3.63) is 23.8 Å². The zero-order valence-corrected chi connectivity index (χ0v) is 13.6. The third kappa shape index (κ3) is 4.63. The van der Waals surface area contributed by atoms with E-state index in [1.807, 2.05) is 19.1 Å². The third-order valence-electron chi connectivity index (χ3n) is 4.47.